The van der Waals surface area contributed by atoms with E-state index in [9.17, 15) is 4.79 Å². The zero-order chi connectivity index (χ0) is 16.1. The Balaban J connectivity index is 1.89. The number of hydrogen-bond donors (Lipinski definition) is 1. The number of carbonyl (C=O) groups excluding carboxylic acids is 1. The van der Waals surface area contributed by atoms with Crippen LogP contribution in [0, 0.1) is 17.3 Å². The van der Waals surface area contributed by atoms with Crippen LogP contribution in [0.25, 0.3) is 0 Å². The van der Waals surface area contributed by atoms with Crippen LogP contribution in [0.1, 0.15) is 38.7 Å². The molecule has 2 fully saturated rings. The molecule has 3 aliphatic rings. The smallest absolute Gasteiger partial charge is 0.227 e. The quantitative estimate of drug-likeness (QED) is 0.517. The van der Waals surface area contributed by atoms with Gasteiger partial charge in [0.1, 0.15) is 11.1 Å². The summed E-state index contributed by atoms with van der Waals surface area (Å²) >= 11 is 0. The molecule has 4 atom stereocenters. The van der Waals surface area contributed by atoms with E-state index >= 15 is 0 Å². The summed E-state index contributed by atoms with van der Waals surface area (Å²) in [6, 6.07) is 10.6. The van der Waals surface area contributed by atoms with Crippen LogP contribution in [-0.4, -0.2) is 18.2 Å². The van der Waals surface area contributed by atoms with Crippen LogP contribution in [0.5, 0.6) is 0 Å². The number of azo groups is 1. The third kappa shape index (κ3) is 1.53. The van der Waals surface area contributed by atoms with Crippen LogP contribution in [0.15, 0.2) is 45.7 Å². The molecule has 120 valence electrons. The van der Waals surface area contributed by atoms with Gasteiger partial charge >= 0.3 is 0 Å². The summed E-state index contributed by atoms with van der Waals surface area (Å²) in [5.74, 6) is 0.924. The molecule has 4 unspecified atom stereocenters. The van der Waals surface area contributed by atoms with Crippen LogP contribution in [0.3, 0.4) is 0 Å². The molecule has 1 heterocycles. The Labute approximate surface area is 136 Å². The van der Waals surface area contributed by atoms with Crippen molar-refractivity contribution < 1.29 is 4.79 Å². The second-order valence-electron chi connectivity index (χ2n) is 7.43. The summed E-state index contributed by atoms with van der Waals surface area (Å²) in [5.41, 5.74) is 2.77. The van der Waals surface area contributed by atoms with Crippen molar-refractivity contribution in [3.8, 4) is 0 Å². The lowest BCUT2D eigenvalue weighted by atomic mass is 9.63. The molecule has 2 aliphatic carbocycles. The van der Waals surface area contributed by atoms with Gasteiger partial charge in [-0.3, -0.25) is 10.2 Å². The van der Waals surface area contributed by atoms with E-state index in [4.69, 9.17) is 10.2 Å². The SMILES string of the molecule is CC1(C)C2(/C=N\NC=O)N=NC1(c1ccccc1)C1CCCC12. The average molecular weight is 310 g/mol. The second-order valence-corrected chi connectivity index (χ2v) is 7.43. The number of nitrogens with zero attached hydrogens (tertiary/aromatic N) is 3. The molecule has 1 amide bonds. The number of carbonyl (C=O) groups is 1. The zero-order valence-electron chi connectivity index (χ0n) is 13.6. The first-order valence-electron chi connectivity index (χ1n) is 8.33. The van der Waals surface area contributed by atoms with Gasteiger partial charge in [0, 0.05) is 5.41 Å². The lowest BCUT2D eigenvalue weighted by Crippen LogP contribution is -2.47. The van der Waals surface area contributed by atoms with Gasteiger partial charge in [0.2, 0.25) is 6.41 Å². The molecule has 1 aromatic rings. The van der Waals surface area contributed by atoms with Crippen molar-refractivity contribution in [1.29, 1.82) is 0 Å². The van der Waals surface area contributed by atoms with Gasteiger partial charge in [-0.25, -0.2) is 0 Å². The molecule has 0 radical (unpaired) electrons. The molecule has 0 saturated heterocycles. The molecule has 1 N–H and O–H groups in total. The topological polar surface area (TPSA) is 66.2 Å². The highest BCUT2D eigenvalue weighted by molar-refractivity contribution is 5.76. The van der Waals surface area contributed by atoms with Gasteiger partial charge in [-0.05, 0) is 30.2 Å². The first-order valence-corrected chi connectivity index (χ1v) is 8.33. The standard InChI is InChI=1S/C18H22N4O/c1-16(2)17(11-19-20-12-23)14-9-6-10-15(14)18(16,22-21-17)13-7-4-3-5-8-13/h3-5,7-8,11-12,14-15H,6,9-10H2,1-2H3,(H,20,23)/b19-11-. The molecule has 1 aliphatic heterocycles. The highest BCUT2D eigenvalue weighted by Crippen LogP contribution is 2.73. The Morgan fingerprint density at radius 2 is 1.91 bits per heavy atom. The summed E-state index contributed by atoms with van der Waals surface area (Å²) in [5, 5.41) is 13.8. The van der Waals surface area contributed by atoms with E-state index in [0.29, 0.717) is 18.2 Å². The Morgan fingerprint density at radius 3 is 2.65 bits per heavy atom. The van der Waals surface area contributed by atoms with Gasteiger partial charge in [-0.15, -0.1) is 0 Å². The maximum Gasteiger partial charge on any atom is 0.227 e. The Bertz CT molecular complexity index is 684. The van der Waals surface area contributed by atoms with E-state index in [1.165, 1.54) is 18.4 Å². The minimum Gasteiger partial charge on any atom is -0.277 e. The summed E-state index contributed by atoms with van der Waals surface area (Å²) in [6.07, 6.45) is 5.97. The Kier molecular flexibility index (Phi) is 2.99. The number of fused-ring (bicyclic) bond motifs is 5. The predicted molar refractivity (Wildman–Crippen MR) is 88.0 cm³/mol. The van der Waals surface area contributed by atoms with Crippen LogP contribution in [0.4, 0.5) is 0 Å². The van der Waals surface area contributed by atoms with Crippen LogP contribution >= 0.6 is 0 Å². The molecule has 2 bridgehead atoms. The molecular weight excluding hydrogens is 288 g/mol. The molecule has 23 heavy (non-hydrogen) atoms. The van der Waals surface area contributed by atoms with Crippen LogP contribution < -0.4 is 5.43 Å². The Hall–Kier alpha value is -2.04. The van der Waals surface area contributed by atoms with Crippen molar-refractivity contribution in [2.75, 3.05) is 0 Å². The van der Waals surface area contributed by atoms with Crippen LogP contribution in [0.2, 0.25) is 0 Å². The van der Waals surface area contributed by atoms with E-state index in [2.05, 4.69) is 48.6 Å². The van der Waals surface area contributed by atoms with Gasteiger partial charge in [-0.2, -0.15) is 15.3 Å². The lowest BCUT2D eigenvalue weighted by Gasteiger charge is -2.40. The minimum atomic E-state index is -0.431. The minimum absolute atomic E-state index is 0.175. The fourth-order valence-electron chi connectivity index (χ4n) is 5.55. The summed E-state index contributed by atoms with van der Waals surface area (Å²) in [7, 11) is 0. The van der Waals surface area contributed by atoms with E-state index in [-0.39, 0.29) is 11.0 Å². The fraction of sp³-hybridized carbons (Fsp3) is 0.556. The summed E-state index contributed by atoms with van der Waals surface area (Å²) in [6.45, 7) is 4.51. The van der Waals surface area contributed by atoms with E-state index in [0.717, 1.165) is 6.42 Å². The monoisotopic (exact) mass is 310 g/mol. The molecular formula is C18H22N4O. The highest BCUT2D eigenvalue weighted by Gasteiger charge is 2.77. The average Bonchev–Trinajstić information content (AvgIpc) is 3.17. The van der Waals surface area contributed by atoms with Crippen LogP contribution in [-0.2, 0) is 10.3 Å². The first-order chi connectivity index (χ1) is 11.1. The summed E-state index contributed by atoms with van der Waals surface area (Å²) in [4.78, 5) is 10.6. The van der Waals surface area contributed by atoms with Gasteiger partial charge in [0.15, 0.2) is 0 Å². The van der Waals surface area contributed by atoms with Crippen molar-refractivity contribution >= 4 is 12.6 Å². The number of nitrogens with one attached hydrogen (secondary N) is 1. The molecule has 4 rings (SSSR count). The van der Waals surface area contributed by atoms with Crippen molar-refractivity contribution in [3.05, 3.63) is 35.9 Å². The third-order valence-electron chi connectivity index (χ3n) is 6.55. The molecule has 1 aromatic carbocycles. The zero-order valence-corrected chi connectivity index (χ0v) is 13.6. The largest absolute Gasteiger partial charge is 0.277 e. The van der Waals surface area contributed by atoms with Crippen molar-refractivity contribution in [3.63, 3.8) is 0 Å². The normalized spacial score (nSPS) is 39.7. The molecule has 0 aromatic heterocycles. The van der Waals surface area contributed by atoms with Gasteiger partial charge < -0.3 is 0 Å². The van der Waals surface area contributed by atoms with E-state index in [1.54, 1.807) is 0 Å². The lowest BCUT2D eigenvalue weighted by molar-refractivity contribution is -0.109. The maximum absolute atomic E-state index is 10.6. The number of amides is 1. The fourth-order valence-corrected chi connectivity index (χ4v) is 5.55. The van der Waals surface area contributed by atoms with E-state index < -0.39 is 5.54 Å². The molecule has 0 spiro atoms. The van der Waals surface area contributed by atoms with Gasteiger partial charge in [0.25, 0.3) is 0 Å². The predicted octanol–water partition coefficient (Wildman–Crippen LogP) is 3.27. The second kappa shape index (κ2) is 4.73. The van der Waals surface area contributed by atoms with Gasteiger partial charge in [-0.1, -0.05) is 50.6 Å². The van der Waals surface area contributed by atoms with Crippen molar-refractivity contribution in [2.24, 2.45) is 32.6 Å². The number of hydrazone groups is 1. The summed E-state index contributed by atoms with van der Waals surface area (Å²) < 4.78 is 0. The molecule has 5 nitrogen and oxygen atoms in total. The van der Waals surface area contributed by atoms with E-state index in [1.807, 2.05) is 12.3 Å². The first kappa shape index (κ1) is 14.5. The maximum atomic E-state index is 10.6. The van der Waals surface area contributed by atoms with Gasteiger partial charge in [0.05, 0.1) is 6.21 Å². The molecule has 5 heteroatoms. The number of rotatable bonds is 4. The number of benzene rings is 1. The Morgan fingerprint density at radius 1 is 1.17 bits per heavy atom. The van der Waals surface area contributed by atoms with Crippen molar-refractivity contribution in [1.82, 2.24) is 5.43 Å². The molecule has 2 saturated carbocycles. The number of hydrogen-bond acceptors (Lipinski definition) is 4. The van der Waals surface area contributed by atoms with Crippen molar-refractivity contribution in [2.45, 2.75) is 44.2 Å². The highest BCUT2D eigenvalue weighted by atomic mass is 16.1. The third-order valence-corrected chi connectivity index (χ3v) is 6.55.